The van der Waals surface area contributed by atoms with Gasteiger partial charge in [0.25, 0.3) is 0 Å². The normalized spacial score (nSPS) is 18.3. The maximum atomic E-state index is 9.51. The van der Waals surface area contributed by atoms with Gasteiger partial charge in [-0.3, -0.25) is 0 Å². The van der Waals surface area contributed by atoms with Crippen LogP contribution in [-0.4, -0.2) is 69.8 Å². The molecule has 0 radical (unpaired) electrons. The largest absolute Gasteiger partial charge is 0.394 e. The maximum absolute atomic E-state index is 9.51. The van der Waals surface area contributed by atoms with Gasteiger partial charge >= 0.3 is 0 Å². The molecule has 6 heteroatoms. The van der Waals surface area contributed by atoms with Crippen LogP contribution in [0.3, 0.4) is 0 Å². The molecule has 0 saturated carbocycles. The smallest absolute Gasteiger partial charge is 0.111 e. The minimum atomic E-state index is -1.59. The molecule has 0 aliphatic heterocycles. The highest BCUT2D eigenvalue weighted by Gasteiger charge is 2.29. The lowest BCUT2D eigenvalue weighted by Gasteiger charge is -2.25. The summed E-state index contributed by atoms with van der Waals surface area (Å²) in [7, 11) is 0. The third kappa shape index (κ3) is 7.25. The van der Waals surface area contributed by atoms with Crippen molar-refractivity contribution in [1.82, 2.24) is 0 Å². The van der Waals surface area contributed by atoms with Crippen LogP contribution in [0.1, 0.15) is 32.6 Å². The Balaban J connectivity index is 3.70. The maximum Gasteiger partial charge on any atom is 0.111 e. The molecule has 110 valence electrons. The van der Waals surface area contributed by atoms with Crippen LogP contribution in [0, 0.1) is 0 Å². The highest BCUT2D eigenvalue weighted by Crippen LogP contribution is 2.06. The molecule has 0 aliphatic carbocycles. The third-order valence-electron chi connectivity index (χ3n) is 2.76. The predicted molar refractivity (Wildman–Crippen MR) is 66.1 cm³/mol. The van der Waals surface area contributed by atoms with Gasteiger partial charge in [-0.2, -0.15) is 0 Å². The molecule has 0 heterocycles. The first-order chi connectivity index (χ1) is 8.54. The van der Waals surface area contributed by atoms with Gasteiger partial charge in [-0.1, -0.05) is 26.2 Å². The van der Waals surface area contributed by atoms with E-state index in [2.05, 4.69) is 6.92 Å². The number of aliphatic hydroxyl groups excluding tert-OH is 5. The molecular weight excluding hydrogens is 240 g/mol. The molecule has 0 aromatic heterocycles. The Bertz CT molecular complexity index is 189. The van der Waals surface area contributed by atoms with Gasteiger partial charge in [-0.05, 0) is 6.42 Å². The number of hydrogen-bond acceptors (Lipinski definition) is 6. The molecular formula is C12H26O6. The summed E-state index contributed by atoms with van der Waals surface area (Å²) in [4.78, 5) is 0. The van der Waals surface area contributed by atoms with E-state index in [-0.39, 0.29) is 6.61 Å². The summed E-state index contributed by atoms with van der Waals surface area (Å²) in [5, 5.41) is 46.0. The number of hydrogen-bond donors (Lipinski definition) is 5. The Morgan fingerprint density at radius 1 is 0.889 bits per heavy atom. The zero-order chi connectivity index (χ0) is 14.0. The van der Waals surface area contributed by atoms with Crippen molar-refractivity contribution in [1.29, 1.82) is 0 Å². The van der Waals surface area contributed by atoms with Crippen LogP contribution in [0.5, 0.6) is 0 Å². The molecule has 0 fully saturated rings. The number of unbranched alkanes of at least 4 members (excludes halogenated alkanes) is 3. The molecule has 0 saturated heterocycles. The molecule has 0 unspecified atom stereocenters. The summed E-state index contributed by atoms with van der Waals surface area (Å²) in [5.41, 5.74) is 0. The third-order valence-corrected chi connectivity index (χ3v) is 2.76. The molecule has 0 aliphatic rings. The number of ether oxygens (including phenoxy) is 1. The molecule has 0 amide bonds. The Labute approximate surface area is 108 Å². The molecule has 0 rings (SSSR count). The summed E-state index contributed by atoms with van der Waals surface area (Å²) in [6.45, 7) is 1.81. The van der Waals surface area contributed by atoms with Crippen molar-refractivity contribution < 1.29 is 30.3 Å². The van der Waals surface area contributed by atoms with Crippen molar-refractivity contribution in [2.75, 3.05) is 19.8 Å². The van der Waals surface area contributed by atoms with Crippen molar-refractivity contribution in [2.45, 2.75) is 57.0 Å². The standard InChI is InChI=1S/C12H26O6/c1-2-3-4-5-6-18-8-10(15)12(17)11(16)9(14)7-13/h9-17H,2-8H2,1H3/t9-,10+,11+,12+/m0/s1. The molecule has 6 nitrogen and oxygen atoms in total. The summed E-state index contributed by atoms with van der Waals surface area (Å²) >= 11 is 0. The Morgan fingerprint density at radius 3 is 2.06 bits per heavy atom. The van der Waals surface area contributed by atoms with Crippen molar-refractivity contribution in [3.05, 3.63) is 0 Å². The van der Waals surface area contributed by atoms with E-state index in [0.29, 0.717) is 6.61 Å². The summed E-state index contributed by atoms with van der Waals surface area (Å²) in [5.74, 6) is 0. The number of aliphatic hydroxyl groups is 5. The highest BCUT2D eigenvalue weighted by molar-refractivity contribution is 4.80. The van der Waals surface area contributed by atoms with Crippen molar-refractivity contribution in [3.63, 3.8) is 0 Å². The quantitative estimate of drug-likeness (QED) is 0.307. The topological polar surface area (TPSA) is 110 Å². The van der Waals surface area contributed by atoms with E-state index in [1.165, 1.54) is 0 Å². The van der Waals surface area contributed by atoms with Crippen molar-refractivity contribution in [3.8, 4) is 0 Å². The van der Waals surface area contributed by atoms with Crippen molar-refractivity contribution >= 4 is 0 Å². The van der Waals surface area contributed by atoms with Gasteiger partial charge < -0.3 is 30.3 Å². The van der Waals surface area contributed by atoms with Gasteiger partial charge in [0, 0.05) is 6.61 Å². The van der Waals surface area contributed by atoms with Gasteiger partial charge in [0.15, 0.2) is 0 Å². The summed E-state index contributed by atoms with van der Waals surface area (Å²) in [6.07, 6.45) is -1.68. The summed E-state index contributed by atoms with van der Waals surface area (Å²) in [6, 6.07) is 0. The van der Waals surface area contributed by atoms with Gasteiger partial charge in [0.2, 0.25) is 0 Å². The SMILES string of the molecule is CCCCCCOC[C@@H](O)[C@@H](O)[C@H](O)[C@@H](O)CO. The molecule has 0 bridgehead atoms. The first-order valence-corrected chi connectivity index (χ1v) is 6.45. The Hall–Kier alpha value is -0.240. The van der Waals surface area contributed by atoms with E-state index < -0.39 is 31.0 Å². The predicted octanol–water partition coefficient (Wildman–Crippen LogP) is -0.981. The second kappa shape index (κ2) is 10.7. The molecule has 0 aromatic rings. The average molecular weight is 266 g/mol. The molecule has 18 heavy (non-hydrogen) atoms. The molecule has 0 spiro atoms. The van der Waals surface area contributed by atoms with Gasteiger partial charge in [0.1, 0.15) is 24.4 Å². The van der Waals surface area contributed by atoms with E-state index in [1.807, 2.05) is 0 Å². The minimum Gasteiger partial charge on any atom is -0.394 e. The second-order valence-corrected chi connectivity index (χ2v) is 4.43. The van der Waals surface area contributed by atoms with Crippen LogP contribution in [0.4, 0.5) is 0 Å². The first kappa shape index (κ1) is 17.8. The first-order valence-electron chi connectivity index (χ1n) is 6.45. The number of rotatable bonds is 11. The van der Waals surface area contributed by atoms with Gasteiger partial charge in [-0.15, -0.1) is 0 Å². The summed E-state index contributed by atoms with van der Waals surface area (Å²) < 4.78 is 5.16. The molecule has 4 atom stereocenters. The van der Waals surface area contributed by atoms with Crippen LogP contribution >= 0.6 is 0 Å². The van der Waals surface area contributed by atoms with Crippen LogP contribution in [0.25, 0.3) is 0 Å². The highest BCUT2D eigenvalue weighted by atomic mass is 16.5. The Kier molecular flexibility index (Phi) is 10.5. The Morgan fingerprint density at radius 2 is 1.50 bits per heavy atom. The fraction of sp³-hybridized carbons (Fsp3) is 1.00. The van der Waals surface area contributed by atoms with Crippen molar-refractivity contribution in [2.24, 2.45) is 0 Å². The van der Waals surface area contributed by atoms with E-state index in [1.54, 1.807) is 0 Å². The van der Waals surface area contributed by atoms with E-state index >= 15 is 0 Å². The van der Waals surface area contributed by atoms with E-state index in [4.69, 9.17) is 14.9 Å². The molecule has 0 aromatic carbocycles. The van der Waals surface area contributed by atoms with Crippen LogP contribution in [-0.2, 0) is 4.74 Å². The van der Waals surface area contributed by atoms with Gasteiger partial charge in [0.05, 0.1) is 13.2 Å². The lowest BCUT2D eigenvalue weighted by Crippen LogP contribution is -2.47. The fourth-order valence-corrected chi connectivity index (χ4v) is 1.50. The average Bonchev–Trinajstić information content (AvgIpc) is 2.39. The van der Waals surface area contributed by atoms with Crippen LogP contribution in [0.2, 0.25) is 0 Å². The van der Waals surface area contributed by atoms with E-state index in [9.17, 15) is 15.3 Å². The zero-order valence-corrected chi connectivity index (χ0v) is 10.9. The van der Waals surface area contributed by atoms with Gasteiger partial charge in [-0.25, -0.2) is 0 Å². The second-order valence-electron chi connectivity index (χ2n) is 4.43. The zero-order valence-electron chi connectivity index (χ0n) is 10.9. The lowest BCUT2D eigenvalue weighted by atomic mass is 10.0. The lowest BCUT2D eigenvalue weighted by molar-refractivity contribution is -0.129. The van der Waals surface area contributed by atoms with Crippen LogP contribution < -0.4 is 0 Å². The minimum absolute atomic E-state index is 0.109. The molecule has 5 N–H and O–H groups in total. The van der Waals surface area contributed by atoms with Crippen LogP contribution in [0.15, 0.2) is 0 Å². The van der Waals surface area contributed by atoms with E-state index in [0.717, 1.165) is 25.7 Å². The monoisotopic (exact) mass is 266 g/mol. The fourth-order valence-electron chi connectivity index (χ4n) is 1.50.